The lowest BCUT2D eigenvalue weighted by Crippen LogP contribution is -2.55. The number of piperidine rings is 1. The van der Waals surface area contributed by atoms with Crippen molar-refractivity contribution in [1.29, 1.82) is 0 Å². The molecule has 0 N–H and O–H groups in total. The van der Waals surface area contributed by atoms with Crippen LogP contribution in [0, 0.1) is 5.92 Å². The molecule has 2 heterocycles. The highest BCUT2D eigenvalue weighted by molar-refractivity contribution is 6.00. The Labute approximate surface area is 126 Å². The van der Waals surface area contributed by atoms with Crippen LogP contribution in [0.4, 0.5) is 0 Å². The molecule has 2 saturated heterocycles. The molecule has 1 aromatic rings. The molecule has 0 aromatic heterocycles. The van der Waals surface area contributed by atoms with Crippen molar-refractivity contribution in [2.75, 3.05) is 26.9 Å². The third kappa shape index (κ3) is 2.83. The maximum atomic E-state index is 12.9. The minimum atomic E-state index is 0.0849. The minimum absolute atomic E-state index is 0.0849. The third-order valence-electron chi connectivity index (χ3n) is 4.71. The summed E-state index contributed by atoms with van der Waals surface area (Å²) < 4.78 is 11.2. The van der Waals surface area contributed by atoms with Crippen molar-refractivity contribution in [2.24, 2.45) is 5.92 Å². The molecule has 4 heteroatoms. The summed E-state index contributed by atoms with van der Waals surface area (Å²) in [5, 5.41) is 0. The van der Waals surface area contributed by atoms with E-state index in [0.29, 0.717) is 24.4 Å². The Hall–Kier alpha value is -1.39. The number of morpholine rings is 1. The van der Waals surface area contributed by atoms with E-state index in [2.05, 4.69) is 11.9 Å². The quantitative estimate of drug-likeness (QED) is 0.798. The van der Waals surface area contributed by atoms with Crippen molar-refractivity contribution in [3.05, 3.63) is 29.8 Å². The number of fused-ring (bicyclic) bond motifs is 2. The molecule has 2 unspecified atom stereocenters. The second-order valence-corrected chi connectivity index (χ2v) is 5.97. The number of hydrogen-bond donors (Lipinski definition) is 0. The molecule has 0 radical (unpaired) electrons. The lowest BCUT2D eigenvalue weighted by atomic mass is 9.81. The van der Waals surface area contributed by atoms with Gasteiger partial charge >= 0.3 is 0 Å². The monoisotopic (exact) mass is 289 g/mol. The molecule has 2 aliphatic heterocycles. The van der Waals surface area contributed by atoms with Crippen molar-refractivity contribution >= 4 is 5.78 Å². The van der Waals surface area contributed by atoms with Crippen molar-refractivity contribution in [2.45, 2.75) is 31.8 Å². The second kappa shape index (κ2) is 6.16. The predicted molar refractivity (Wildman–Crippen MR) is 80.8 cm³/mol. The summed E-state index contributed by atoms with van der Waals surface area (Å²) in [5.74, 6) is 1.02. The molecule has 1 aromatic carbocycles. The van der Waals surface area contributed by atoms with E-state index in [1.165, 1.54) is 0 Å². The van der Waals surface area contributed by atoms with E-state index in [9.17, 15) is 4.79 Å². The first kappa shape index (κ1) is 14.5. The fourth-order valence-electron chi connectivity index (χ4n) is 3.48. The smallest absolute Gasteiger partial charge is 0.169 e. The molecule has 2 atom stereocenters. The van der Waals surface area contributed by atoms with Crippen molar-refractivity contribution in [1.82, 2.24) is 4.90 Å². The Balaban J connectivity index is 1.80. The Morgan fingerprint density at radius 3 is 2.62 bits per heavy atom. The Kier molecular flexibility index (Phi) is 4.27. The Morgan fingerprint density at radius 2 is 1.95 bits per heavy atom. The van der Waals surface area contributed by atoms with Gasteiger partial charge in [-0.25, -0.2) is 0 Å². The fraction of sp³-hybridized carbons (Fsp3) is 0.588. The molecule has 3 rings (SSSR count). The highest BCUT2D eigenvalue weighted by Gasteiger charge is 2.40. The van der Waals surface area contributed by atoms with E-state index in [1.54, 1.807) is 0 Å². The molecule has 0 amide bonds. The van der Waals surface area contributed by atoms with Crippen LogP contribution in [0.25, 0.3) is 0 Å². The maximum Gasteiger partial charge on any atom is 0.169 e. The molecular formula is C17H23NO3. The van der Waals surface area contributed by atoms with E-state index in [1.807, 2.05) is 31.2 Å². The largest absolute Gasteiger partial charge is 0.493 e. The maximum absolute atomic E-state index is 12.9. The first-order valence-electron chi connectivity index (χ1n) is 7.76. The van der Waals surface area contributed by atoms with Crippen LogP contribution in [0.5, 0.6) is 5.75 Å². The Bertz CT molecular complexity index is 503. The second-order valence-electron chi connectivity index (χ2n) is 5.97. The lowest BCUT2D eigenvalue weighted by Gasteiger charge is -2.46. The van der Waals surface area contributed by atoms with Crippen LogP contribution >= 0.6 is 0 Å². The summed E-state index contributed by atoms with van der Waals surface area (Å²) in [5.41, 5.74) is 0.730. The van der Waals surface area contributed by atoms with Gasteiger partial charge in [0.15, 0.2) is 5.78 Å². The highest BCUT2D eigenvalue weighted by atomic mass is 16.5. The van der Waals surface area contributed by atoms with E-state index >= 15 is 0 Å². The standard InChI is InChI=1S/C17H23NO3/c1-3-21-16-7-5-4-6-15(16)17(19)12-8-13-10-20-11-14(9-12)18(13)2/h4-7,12-14H,3,8-11H2,1-2H3. The number of hydrogen-bond acceptors (Lipinski definition) is 4. The van der Waals surface area contributed by atoms with Gasteiger partial charge < -0.3 is 9.47 Å². The zero-order valence-electron chi connectivity index (χ0n) is 12.7. The van der Waals surface area contributed by atoms with E-state index < -0.39 is 0 Å². The molecular weight excluding hydrogens is 266 g/mol. The number of nitrogens with zero attached hydrogens (tertiary/aromatic N) is 1. The summed E-state index contributed by atoms with van der Waals surface area (Å²) in [4.78, 5) is 15.3. The van der Waals surface area contributed by atoms with Crippen LogP contribution in [0.3, 0.4) is 0 Å². The van der Waals surface area contributed by atoms with Crippen molar-refractivity contribution < 1.29 is 14.3 Å². The highest BCUT2D eigenvalue weighted by Crippen LogP contribution is 2.34. The van der Waals surface area contributed by atoms with Crippen LogP contribution in [0.2, 0.25) is 0 Å². The number of rotatable bonds is 4. The van der Waals surface area contributed by atoms with Gasteiger partial charge in [0.2, 0.25) is 0 Å². The van der Waals surface area contributed by atoms with E-state index in [-0.39, 0.29) is 11.7 Å². The number of para-hydroxylation sites is 1. The normalized spacial score (nSPS) is 29.1. The van der Waals surface area contributed by atoms with Gasteiger partial charge in [-0.2, -0.15) is 0 Å². The van der Waals surface area contributed by atoms with E-state index in [0.717, 1.165) is 31.6 Å². The minimum Gasteiger partial charge on any atom is -0.493 e. The lowest BCUT2D eigenvalue weighted by molar-refractivity contribution is -0.0702. The number of carbonyl (C=O) groups is 1. The number of ether oxygens (including phenoxy) is 2. The summed E-state index contributed by atoms with van der Waals surface area (Å²) in [6.45, 7) is 4.00. The summed E-state index contributed by atoms with van der Waals surface area (Å²) >= 11 is 0. The van der Waals surface area contributed by atoms with Gasteiger partial charge in [0.05, 0.1) is 25.4 Å². The van der Waals surface area contributed by atoms with Crippen LogP contribution in [0.15, 0.2) is 24.3 Å². The van der Waals surface area contributed by atoms with Crippen LogP contribution in [-0.4, -0.2) is 49.6 Å². The molecule has 2 aliphatic rings. The van der Waals surface area contributed by atoms with E-state index in [4.69, 9.17) is 9.47 Å². The first-order valence-corrected chi connectivity index (χ1v) is 7.76. The summed E-state index contributed by atoms with van der Waals surface area (Å²) in [6, 6.07) is 8.33. The van der Waals surface area contributed by atoms with Gasteiger partial charge in [0, 0.05) is 18.0 Å². The Morgan fingerprint density at radius 1 is 1.29 bits per heavy atom. The summed E-state index contributed by atoms with van der Waals surface area (Å²) in [6.07, 6.45) is 1.76. The number of carbonyl (C=O) groups excluding carboxylic acids is 1. The van der Waals surface area contributed by atoms with Gasteiger partial charge in [-0.3, -0.25) is 9.69 Å². The molecule has 0 spiro atoms. The molecule has 21 heavy (non-hydrogen) atoms. The first-order chi connectivity index (χ1) is 10.2. The molecule has 2 fully saturated rings. The molecule has 0 aliphatic carbocycles. The van der Waals surface area contributed by atoms with Gasteiger partial charge in [-0.05, 0) is 38.9 Å². The third-order valence-corrected chi connectivity index (χ3v) is 4.71. The van der Waals surface area contributed by atoms with Crippen molar-refractivity contribution in [3.8, 4) is 5.75 Å². The zero-order chi connectivity index (χ0) is 14.8. The van der Waals surface area contributed by atoms with Crippen LogP contribution in [0.1, 0.15) is 30.1 Å². The number of Topliss-reactive ketones (excluding diaryl/α,β-unsaturated/α-hetero) is 1. The predicted octanol–water partition coefficient (Wildman–Crippen LogP) is 2.38. The van der Waals surface area contributed by atoms with Gasteiger partial charge in [0.1, 0.15) is 5.75 Å². The van der Waals surface area contributed by atoms with Crippen LogP contribution in [-0.2, 0) is 4.74 Å². The number of benzene rings is 1. The SMILES string of the molecule is CCOc1ccccc1C(=O)C1CC2COCC(C1)N2C. The van der Waals surface area contributed by atoms with Crippen molar-refractivity contribution in [3.63, 3.8) is 0 Å². The van der Waals surface area contributed by atoms with Crippen LogP contribution < -0.4 is 4.74 Å². The zero-order valence-corrected chi connectivity index (χ0v) is 12.7. The summed E-state index contributed by atoms with van der Waals surface area (Å²) in [7, 11) is 2.15. The molecule has 2 bridgehead atoms. The van der Waals surface area contributed by atoms with Gasteiger partial charge in [-0.1, -0.05) is 12.1 Å². The molecule has 0 saturated carbocycles. The topological polar surface area (TPSA) is 38.8 Å². The molecule has 114 valence electrons. The fourth-order valence-corrected chi connectivity index (χ4v) is 3.48. The number of ketones is 1. The van der Waals surface area contributed by atoms with Gasteiger partial charge in [0.25, 0.3) is 0 Å². The molecule has 4 nitrogen and oxygen atoms in total. The van der Waals surface area contributed by atoms with Gasteiger partial charge in [-0.15, -0.1) is 0 Å². The number of likely N-dealkylation sites (N-methyl/N-ethyl adjacent to an activating group) is 1. The average Bonchev–Trinajstić information content (AvgIpc) is 2.47. The average molecular weight is 289 g/mol.